The van der Waals surface area contributed by atoms with Gasteiger partial charge in [-0.1, -0.05) is 22.6 Å². The Morgan fingerprint density at radius 2 is 2.29 bits per heavy atom. The van der Waals surface area contributed by atoms with E-state index in [4.69, 9.17) is 4.74 Å². The zero-order chi connectivity index (χ0) is 5.11. The summed E-state index contributed by atoms with van der Waals surface area (Å²) in [6, 6.07) is 0. The molecule has 1 heterocycles. The van der Waals surface area contributed by atoms with Gasteiger partial charge in [-0.15, -0.1) is 0 Å². The minimum Gasteiger partial charge on any atom is -0.368 e. The van der Waals surface area contributed by atoms with Gasteiger partial charge in [0.2, 0.25) is 0 Å². The third-order valence-corrected chi connectivity index (χ3v) is 2.11. The molecule has 0 aromatic rings. The molecule has 0 bridgehead atoms. The zero-order valence-corrected chi connectivity index (χ0v) is 6.35. The zero-order valence-electron chi connectivity index (χ0n) is 4.19. The number of hydrogen-bond donors (Lipinski definition) is 0. The molecule has 0 aromatic heterocycles. The van der Waals surface area contributed by atoms with Gasteiger partial charge in [0.05, 0.1) is 0 Å². The van der Waals surface area contributed by atoms with Gasteiger partial charge in [0.15, 0.2) is 0 Å². The molecule has 1 rings (SSSR count). The minimum atomic E-state index is 0.506. The molecule has 1 saturated heterocycles. The summed E-state index contributed by atoms with van der Waals surface area (Å²) in [5, 5.41) is 0. The van der Waals surface area contributed by atoms with Crippen molar-refractivity contribution >= 4 is 22.6 Å². The Bertz CT molecular complexity index is 50.0. The minimum absolute atomic E-state index is 0.506. The Hall–Kier alpha value is 0.690. The molecule has 0 radical (unpaired) electrons. The first-order chi connectivity index (χ1) is 3.39. The summed E-state index contributed by atoms with van der Waals surface area (Å²) in [6.07, 6.45) is 3.87. The molecule has 0 aromatic carbocycles. The molecular weight excluding hydrogens is 203 g/mol. The lowest BCUT2D eigenvalue weighted by Gasteiger charge is -2.15. The van der Waals surface area contributed by atoms with Crippen LogP contribution in [0, 0.1) is 0 Å². The van der Waals surface area contributed by atoms with Gasteiger partial charge in [-0.2, -0.15) is 0 Å². The van der Waals surface area contributed by atoms with E-state index in [1.54, 1.807) is 0 Å². The van der Waals surface area contributed by atoms with Gasteiger partial charge in [0, 0.05) is 6.61 Å². The van der Waals surface area contributed by atoms with Crippen LogP contribution in [0.5, 0.6) is 0 Å². The molecule has 2 heteroatoms. The predicted molar refractivity (Wildman–Crippen MR) is 37.6 cm³/mol. The number of halogens is 1. The Morgan fingerprint density at radius 1 is 1.43 bits per heavy atom. The van der Waals surface area contributed by atoms with Gasteiger partial charge in [-0.3, -0.25) is 0 Å². The van der Waals surface area contributed by atoms with E-state index < -0.39 is 0 Å². The van der Waals surface area contributed by atoms with Crippen LogP contribution in [0.25, 0.3) is 0 Å². The maximum atomic E-state index is 5.26. The quantitative estimate of drug-likeness (QED) is 0.440. The third-order valence-electron chi connectivity index (χ3n) is 1.12. The summed E-state index contributed by atoms with van der Waals surface area (Å²) >= 11 is 2.33. The van der Waals surface area contributed by atoms with Gasteiger partial charge < -0.3 is 4.74 Å². The number of ether oxygens (including phenoxy) is 1. The third kappa shape index (κ3) is 1.95. The average molecular weight is 212 g/mol. The van der Waals surface area contributed by atoms with E-state index in [2.05, 4.69) is 22.6 Å². The van der Waals surface area contributed by atoms with Crippen LogP contribution in [0.2, 0.25) is 0 Å². The fourth-order valence-electron chi connectivity index (χ4n) is 0.701. The maximum Gasteiger partial charge on any atom is 0.108 e. The van der Waals surface area contributed by atoms with Gasteiger partial charge in [-0.25, -0.2) is 0 Å². The summed E-state index contributed by atoms with van der Waals surface area (Å²) in [5.41, 5.74) is 0. The summed E-state index contributed by atoms with van der Waals surface area (Å²) in [4.78, 5) is 0. The molecule has 1 atom stereocenters. The van der Waals surface area contributed by atoms with E-state index >= 15 is 0 Å². The van der Waals surface area contributed by atoms with Crippen molar-refractivity contribution in [2.24, 2.45) is 0 Å². The molecule has 1 aliphatic heterocycles. The van der Waals surface area contributed by atoms with Crippen molar-refractivity contribution in [2.75, 3.05) is 6.61 Å². The van der Waals surface area contributed by atoms with E-state index in [1.165, 1.54) is 19.3 Å². The normalized spacial score (nSPS) is 33.0. The van der Waals surface area contributed by atoms with Crippen molar-refractivity contribution in [3.05, 3.63) is 0 Å². The van der Waals surface area contributed by atoms with Crippen molar-refractivity contribution in [1.29, 1.82) is 0 Å². The van der Waals surface area contributed by atoms with Crippen LogP contribution in [0.4, 0.5) is 0 Å². The number of alkyl halides is 1. The molecule has 0 amide bonds. The molecule has 1 fully saturated rings. The van der Waals surface area contributed by atoms with Crippen molar-refractivity contribution in [2.45, 2.75) is 23.4 Å². The largest absolute Gasteiger partial charge is 0.368 e. The Morgan fingerprint density at radius 3 is 2.57 bits per heavy atom. The molecule has 0 saturated carbocycles. The number of hydrogen-bond acceptors (Lipinski definition) is 1. The smallest absolute Gasteiger partial charge is 0.108 e. The second-order valence-corrected chi connectivity index (χ2v) is 3.17. The van der Waals surface area contributed by atoms with Crippen LogP contribution >= 0.6 is 22.6 Å². The lowest BCUT2D eigenvalue weighted by molar-refractivity contribution is 0.0834. The van der Waals surface area contributed by atoms with Gasteiger partial charge in [-0.05, 0) is 19.3 Å². The summed E-state index contributed by atoms with van der Waals surface area (Å²) in [7, 11) is 0. The van der Waals surface area contributed by atoms with Gasteiger partial charge in [0.1, 0.15) is 4.11 Å². The Kier molecular flexibility index (Phi) is 2.38. The van der Waals surface area contributed by atoms with Crippen LogP contribution in [-0.4, -0.2) is 10.7 Å². The monoisotopic (exact) mass is 212 g/mol. The highest BCUT2D eigenvalue weighted by molar-refractivity contribution is 14.1. The standard InChI is InChI=1S/C5H9IO/c6-5-3-1-2-4-7-5/h5H,1-4H2/t5-/m1/s1. The molecule has 42 valence electrons. The van der Waals surface area contributed by atoms with Crippen LogP contribution in [0.3, 0.4) is 0 Å². The van der Waals surface area contributed by atoms with E-state index in [1.807, 2.05) is 0 Å². The van der Waals surface area contributed by atoms with Gasteiger partial charge in [0.25, 0.3) is 0 Å². The Balaban J connectivity index is 2.12. The predicted octanol–water partition coefficient (Wildman–Crippen LogP) is 1.95. The molecule has 0 aliphatic carbocycles. The highest BCUT2D eigenvalue weighted by Crippen LogP contribution is 2.17. The fourth-order valence-corrected chi connectivity index (χ4v) is 1.40. The molecule has 0 unspecified atom stereocenters. The van der Waals surface area contributed by atoms with E-state index in [-0.39, 0.29) is 0 Å². The highest BCUT2D eigenvalue weighted by atomic mass is 127. The van der Waals surface area contributed by atoms with Crippen LogP contribution < -0.4 is 0 Å². The highest BCUT2D eigenvalue weighted by Gasteiger charge is 2.07. The topological polar surface area (TPSA) is 9.23 Å². The molecule has 1 aliphatic rings. The molecule has 7 heavy (non-hydrogen) atoms. The summed E-state index contributed by atoms with van der Waals surface area (Å²) in [5.74, 6) is 0. The second kappa shape index (κ2) is 2.87. The van der Waals surface area contributed by atoms with Crippen molar-refractivity contribution in [1.82, 2.24) is 0 Å². The van der Waals surface area contributed by atoms with Gasteiger partial charge >= 0.3 is 0 Å². The van der Waals surface area contributed by atoms with E-state index in [0.29, 0.717) is 4.11 Å². The number of rotatable bonds is 0. The second-order valence-electron chi connectivity index (χ2n) is 1.78. The fraction of sp³-hybridized carbons (Fsp3) is 1.00. The van der Waals surface area contributed by atoms with Crippen LogP contribution in [0.1, 0.15) is 19.3 Å². The van der Waals surface area contributed by atoms with Crippen LogP contribution in [-0.2, 0) is 4.74 Å². The van der Waals surface area contributed by atoms with E-state index in [0.717, 1.165) is 6.61 Å². The summed E-state index contributed by atoms with van der Waals surface area (Å²) in [6.45, 7) is 0.980. The lowest BCUT2D eigenvalue weighted by atomic mass is 10.2. The van der Waals surface area contributed by atoms with Crippen molar-refractivity contribution < 1.29 is 4.74 Å². The first kappa shape index (κ1) is 5.82. The average Bonchev–Trinajstić information content (AvgIpc) is 1.69. The van der Waals surface area contributed by atoms with Crippen LogP contribution in [0.15, 0.2) is 0 Å². The summed E-state index contributed by atoms with van der Waals surface area (Å²) < 4.78 is 5.77. The first-order valence-corrected chi connectivity index (χ1v) is 3.90. The van der Waals surface area contributed by atoms with E-state index in [9.17, 15) is 0 Å². The molecular formula is C5H9IO. The molecule has 1 nitrogen and oxygen atoms in total. The van der Waals surface area contributed by atoms with Crippen molar-refractivity contribution in [3.63, 3.8) is 0 Å². The Labute approximate surface area is 57.6 Å². The first-order valence-electron chi connectivity index (χ1n) is 2.65. The molecule has 0 spiro atoms. The lowest BCUT2D eigenvalue weighted by Crippen LogP contribution is -2.11. The molecule has 0 N–H and O–H groups in total. The van der Waals surface area contributed by atoms with Crippen molar-refractivity contribution in [3.8, 4) is 0 Å². The maximum absolute atomic E-state index is 5.26. The SMILES string of the molecule is I[C@H]1CCCCO1.